The molecule has 0 saturated carbocycles. The number of hydrogen-bond donors (Lipinski definition) is 1. The van der Waals surface area contributed by atoms with E-state index >= 15 is 0 Å². The van der Waals surface area contributed by atoms with E-state index in [0.29, 0.717) is 36.6 Å². The fourth-order valence-corrected chi connectivity index (χ4v) is 4.98. The van der Waals surface area contributed by atoms with Gasteiger partial charge in [-0.2, -0.15) is 0 Å². The van der Waals surface area contributed by atoms with Gasteiger partial charge in [-0.1, -0.05) is 35.9 Å². The summed E-state index contributed by atoms with van der Waals surface area (Å²) in [7, 11) is 0. The average molecular weight is 482 g/mol. The Morgan fingerprint density at radius 2 is 1.56 bits per heavy atom. The van der Waals surface area contributed by atoms with Gasteiger partial charge in [-0.3, -0.25) is 19.3 Å². The topological polar surface area (TPSA) is 69.7 Å². The van der Waals surface area contributed by atoms with Gasteiger partial charge in [0.1, 0.15) is 6.04 Å². The second-order valence-electron chi connectivity index (χ2n) is 9.38. The molecular formula is C27H32ClN3O3. The molecule has 2 aliphatic heterocycles. The maximum absolute atomic E-state index is 13.0. The molecule has 6 nitrogen and oxygen atoms in total. The zero-order valence-electron chi connectivity index (χ0n) is 19.6. The predicted octanol–water partition coefficient (Wildman–Crippen LogP) is 4.18. The van der Waals surface area contributed by atoms with Crippen LogP contribution in [0.5, 0.6) is 0 Å². The van der Waals surface area contributed by atoms with Crippen LogP contribution in [0.25, 0.3) is 0 Å². The highest BCUT2D eigenvalue weighted by atomic mass is 35.5. The Morgan fingerprint density at radius 3 is 2.21 bits per heavy atom. The average Bonchev–Trinajstić information content (AvgIpc) is 3.34. The summed E-state index contributed by atoms with van der Waals surface area (Å²) < 4.78 is 0. The summed E-state index contributed by atoms with van der Waals surface area (Å²) in [6, 6.07) is 14.2. The van der Waals surface area contributed by atoms with Crippen molar-refractivity contribution in [1.29, 1.82) is 0 Å². The third-order valence-corrected chi connectivity index (χ3v) is 7.20. The van der Waals surface area contributed by atoms with E-state index in [1.165, 1.54) is 12.5 Å². The zero-order chi connectivity index (χ0) is 24.1. The smallest absolute Gasteiger partial charge is 0.254 e. The summed E-state index contributed by atoms with van der Waals surface area (Å²) in [5.41, 5.74) is 2.35. The maximum Gasteiger partial charge on any atom is 0.254 e. The second-order valence-corrected chi connectivity index (χ2v) is 9.82. The predicted molar refractivity (Wildman–Crippen MR) is 133 cm³/mol. The molecule has 2 aliphatic rings. The first kappa shape index (κ1) is 24.4. The van der Waals surface area contributed by atoms with Crippen LogP contribution < -0.4 is 5.32 Å². The van der Waals surface area contributed by atoms with Gasteiger partial charge in [0.15, 0.2) is 5.78 Å². The van der Waals surface area contributed by atoms with Crippen LogP contribution in [0.1, 0.15) is 58.9 Å². The first-order chi connectivity index (χ1) is 16.4. The van der Waals surface area contributed by atoms with E-state index in [-0.39, 0.29) is 17.6 Å². The van der Waals surface area contributed by atoms with Gasteiger partial charge in [0.25, 0.3) is 5.91 Å². The van der Waals surface area contributed by atoms with Gasteiger partial charge in [0.2, 0.25) is 5.91 Å². The van der Waals surface area contributed by atoms with Crippen LogP contribution in [0, 0.1) is 5.92 Å². The van der Waals surface area contributed by atoms with Crippen LogP contribution in [-0.2, 0) is 11.3 Å². The van der Waals surface area contributed by atoms with Crippen LogP contribution in [0.15, 0.2) is 48.5 Å². The van der Waals surface area contributed by atoms with Crippen LogP contribution in [0.2, 0.25) is 5.02 Å². The molecule has 180 valence electrons. The molecule has 1 N–H and O–H groups in total. The minimum absolute atomic E-state index is 0.0340. The number of nitrogens with one attached hydrogen (secondary N) is 1. The standard InChI is InChI=1S/C27H32ClN3O3/c1-19(32)22-6-8-23(9-7-22)27(34)31-14-2-3-25(31)26(33)29-17-20-12-15-30(16-13-20)18-21-4-10-24(28)11-5-21/h4-11,20,25H,2-3,12-18H2,1H3,(H,29,33). The Labute approximate surface area is 206 Å². The largest absolute Gasteiger partial charge is 0.354 e. The van der Waals surface area contributed by atoms with Crippen LogP contribution in [0.4, 0.5) is 0 Å². The molecule has 0 spiro atoms. The number of hydrogen-bond acceptors (Lipinski definition) is 4. The highest BCUT2D eigenvalue weighted by Gasteiger charge is 2.34. The number of carbonyl (C=O) groups is 3. The van der Waals surface area contributed by atoms with E-state index in [4.69, 9.17) is 11.6 Å². The number of nitrogens with zero attached hydrogens (tertiary/aromatic N) is 2. The van der Waals surface area contributed by atoms with Gasteiger partial charge in [-0.15, -0.1) is 0 Å². The van der Waals surface area contributed by atoms with E-state index in [0.717, 1.165) is 43.9 Å². The third kappa shape index (κ3) is 6.05. The number of benzene rings is 2. The van der Waals surface area contributed by atoms with Crippen molar-refractivity contribution in [3.8, 4) is 0 Å². The van der Waals surface area contributed by atoms with E-state index in [1.54, 1.807) is 29.2 Å². The number of Topliss-reactive ketones (excluding diaryl/α,β-unsaturated/α-hetero) is 1. The van der Waals surface area contributed by atoms with Gasteiger partial charge in [0.05, 0.1) is 0 Å². The SMILES string of the molecule is CC(=O)c1ccc(C(=O)N2CCCC2C(=O)NCC2CCN(Cc3ccc(Cl)cc3)CC2)cc1. The minimum atomic E-state index is -0.426. The molecule has 2 saturated heterocycles. The number of carbonyl (C=O) groups excluding carboxylic acids is 3. The second kappa shape index (κ2) is 11.2. The molecule has 2 aromatic carbocycles. The lowest BCUT2D eigenvalue weighted by Crippen LogP contribution is -2.47. The van der Waals surface area contributed by atoms with Gasteiger partial charge in [0, 0.05) is 35.8 Å². The van der Waals surface area contributed by atoms with Crippen molar-refractivity contribution in [1.82, 2.24) is 15.1 Å². The molecule has 1 atom stereocenters. The molecule has 4 rings (SSSR count). The highest BCUT2D eigenvalue weighted by molar-refractivity contribution is 6.30. The minimum Gasteiger partial charge on any atom is -0.354 e. The fourth-order valence-electron chi connectivity index (χ4n) is 4.86. The molecule has 0 radical (unpaired) electrons. The number of likely N-dealkylation sites (tertiary alicyclic amines) is 2. The third-order valence-electron chi connectivity index (χ3n) is 6.95. The summed E-state index contributed by atoms with van der Waals surface area (Å²) in [6.45, 7) is 5.67. The highest BCUT2D eigenvalue weighted by Crippen LogP contribution is 2.22. The molecule has 0 aromatic heterocycles. The first-order valence-electron chi connectivity index (χ1n) is 12.1. The molecule has 7 heteroatoms. The van der Waals surface area contributed by atoms with Gasteiger partial charge < -0.3 is 10.2 Å². The molecule has 1 unspecified atom stereocenters. The Morgan fingerprint density at radius 1 is 0.912 bits per heavy atom. The molecule has 2 heterocycles. The van der Waals surface area contributed by atoms with Crippen LogP contribution in [0.3, 0.4) is 0 Å². The summed E-state index contributed by atoms with van der Waals surface area (Å²) in [6.07, 6.45) is 3.59. The molecule has 2 fully saturated rings. The molecule has 2 aromatic rings. The van der Waals surface area contributed by atoms with Crippen LogP contribution >= 0.6 is 11.6 Å². The van der Waals surface area contributed by atoms with E-state index in [1.807, 2.05) is 12.1 Å². The van der Waals surface area contributed by atoms with Crippen LogP contribution in [-0.4, -0.2) is 59.6 Å². The monoisotopic (exact) mass is 481 g/mol. The van der Waals surface area contributed by atoms with Crippen molar-refractivity contribution in [3.63, 3.8) is 0 Å². The van der Waals surface area contributed by atoms with Crippen molar-refractivity contribution in [3.05, 3.63) is 70.2 Å². The quantitative estimate of drug-likeness (QED) is 0.602. The molecule has 34 heavy (non-hydrogen) atoms. The van der Waals surface area contributed by atoms with Gasteiger partial charge >= 0.3 is 0 Å². The van der Waals surface area contributed by atoms with Crippen molar-refractivity contribution in [2.24, 2.45) is 5.92 Å². The van der Waals surface area contributed by atoms with E-state index < -0.39 is 6.04 Å². The number of amides is 2. The molecule has 2 amide bonds. The van der Waals surface area contributed by atoms with E-state index in [2.05, 4.69) is 22.3 Å². The first-order valence-corrected chi connectivity index (χ1v) is 12.4. The lowest BCUT2D eigenvalue weighted by Gasteiger charge is -2.32. The van der Waals surface area contributed by atoms with Crippen molar-refractivity contribution in [2.45, 2.75) is 45.2 Å². The van der Waals surface area contributed by atoms with Crippen molar-refractivity contribution in [2.75, 3.05) is 26.2 Å². The fraction of sp³-hybridized carbons (Fsp3) is 0.444. The Bertz CT molecular complexity index is 1010. The Balaban J connectivity index is 1.24. The Kier molecular flexibility index (Phi) is 8.01. The maximum atomic E-state index is 13.0. The number of ketones is 1. The summed E-state index contributed by atoms with van der Waals surface area (Å²) >= 11 is 5.97. The summed E-state index contributed by atoms with van der Waals surface area (Å²) in [5.74, 6) is 0.210. The number of halogens is 1. The van der Waals surface area contributed by atoms with Gasteiger partial charge in [-0.05, 0) is 81.4 Å². The lowest BCUT2D eigenvalue weighted by molar-refractivity contribution is -0.125. The number of rotatable bonds is 7. The zero-order valence-corrected chi connectivity index (χ0v) is 20.4. The molecule has 0 aliphatic carbocycles. The Hall–Kier alpha value is -2.70. The normalized spacial score (nSPS) is 19.2. The summed E-state index contributed by atoms with van der Waals surface area (Å²) in [5, 5.41) is 3.87. The van der Waals surface area contributed by atoms with Crippen molar-refractivity contribution < 1.29 is 14.4 Å². The van der Waals surface area contributed by atoms with Gasteiger partial charge in [-0.25, -0.2) is 0 Å². The summed E-state index contributed by atoms with van der Waals surface area (Å²) in [4.78, 5) is 41.5. The molecular weight excluding hydrogens is 450 g/mol. The number of piperidine rings is 1. The van der Waals surface area contributed by atoms with E-state index in [9.17, 15) is 14.4 Å². The van der Waals surface area contributed by atoms with Crippen molar-refractivity contribution >= 4 is 29.2 Å². The lowest BCUT2D eigenvalue weighted by atomic mass is 9.96. The molecule has 0 bridgehead atoms.